The molecule has 0 saturated heterocycles. The molecule has 5 aromatic rings. The molecular weight excluding hydrogens is 445 g/mol. The fourth-order valence-corrected chi connectivity index (χ4v) is 7.61. The first-order chi connectivity index (χ1) is 17.1. The average Bonchev–Trinajstić information content (AvgIpc) is 2.92. The Morgan fingerprint density at radius 2 is 0.886 bits per heavy atom. The summed E-state index contributed by atoms with van der Waals surface area (Å²) in [5.74, 6) is 0. The van der Waals surface area contributed by atoms with Gasteiger partial charge in [0.25, 0.3) is 0 Å². The number of benzene rings is 5. The van der Waals surface area contributed by atoms with Gasteiger partial charge in [-0.2, -0.15) is 0 Å². The molecule has 3 heteroatoms. The van der Waals surface area contributed by atoms with E-state index in [9.17, 15) is 4.89 Å². The van der Waals surface area contributed by atoms with Gasteiger partial charge in [0.1, 0.15) is 0 Å². The van der Waals surface area contributed by atoms with Gasteiger partial charge in [0.05, 0.1) is 0 Å². The van der Waals surface area contributed by atoms with Gasteiger partial charge in [-0.15, -0.1) is 0 Å². The second kappa shape index (κ2) is 9.88. The molecule has 0 bridgehead atoms. The van der Waals surface area contributed by atoms with E-state index in [0.717, 1.165) is 33.0 Å². The Kier molecular flexibility index (Phi) is 6.51. The molecule has 2 nitrogen and oxygen atoms in total. The quantitative estimate of drug-likeness (QED) is 0.276. The molecule has 1 N–H and O–H groups in total. The van der Waals surface area contributed by atoms with Crippen molar-refractivity contribution in [3.63, 3.8) is 0 Å². The fourth-order valence-electron chi connectivity index (χ4n) is 4.56. The second-order valence-electron chi connectivity index (χ2n) is 9.00. The molecule has 5 aromatic carbocycles. The van der Waals surface area contributed by atoms with E-state index < -0.39 is 7.49 Å². The van der Waals surface area contributed by atoms with E-state index in [-0.39, 0.29) is 0 Å². The van der Waals surface area contributed by atoms with Crippen molar-refractivity contribution in [2.24, 2.45) is 0 Å². The second-order valence-corrected chi connectivity index (χ2v) is 12.2. The van der Waals surface area contributed by atoms with Crippen LogP contribution in [-0.2, 0) is 0 Å². The van der Waals surface area contributed by atoms with Crippen molar-refractivity contribution >= 4 is 40.5 Å². The summed E-state index contributed by atoms with van der Waals surface area (Å²) in [5.41, 5.74) is 5.64. The summed E-state index contributed by atoms with van der Waals surface area (Å²) in [6.07, 6.45) is 0. The van der Waals surface area contributed by atoms with Gasteiger partial charge >= 0.3 is 209 Å². The minimum atomic E-state index is -3.20. The van der Waals surface area contributed by atoms with Crippen LogP contribution in [0.5, 0.6) is 0 Å². The Morgan fingerprint density at radius 1 is 0.457 bits per heavy atom. The van der Waals surface area contributed by atoms with Gasteiger partial charge in [0.15, 0.2) is 0 Å². The van der Waals surface area contributed by atoms with Gasteiger partial charge < -0.3 is 0 Å². The normalized spacial score (nSPS) is 11.7. The van der Waals surface area contributed by atoms with Crippen LogP contribution in [0.1, 0.15) is 11.1 Å². The van der Waals surface area contributed by atoms with Crippen molar-refractivity contribution in [3.8, 4) is 0 Å². The Hall–Kier alpha value is -3.71. The molecule has 0 amide bonds. The van der Waals surface area contributed by atoms with Crippen molar-refractivity contribution in [1.82, 2.24) is 0 Å². The van der Waals surface area contributed by atoms with Gasteiger partial charge in [-0.25, -0.2) is 0 Å². The van der Waals surface area contributed by atoms with Gasteiger partial charge in [0.2, 0.25) is 0 Å². The van der Waals surface area contributed by atoms with Crippen LogP contribution in [0.15, 0.2) is 133 Å². The standard InChI is InChI=1S/C32H30NOP/c1-25-16-20-27(21-17-25)33(28-22-18-26(2)19-23-28)29-10-9-15-32(24-29)35(34,30-11-5-3-6-12-30)31-13-7-4-8-14-31/h3-24,34-35H,1-2H3. The number of hydrogen-bond donors (Lipinski definition) is 1. The van der Waals surface area contributed by atoms with Gasteiger partial charge in [0, 0.05) is 0 Å². The molecule has 0 aliphatic rings. The van der Waals surface area contributed by atoms with Gasteiger partial charge in [-0.05, 0) is 0 Å². The number of aryl methyl sites for hydroxylation is 2. The number of hydrogen-bond acceptors (Lipinski definition) is 2. The fraction of sp³-hybridized carbons (Fsp3) is 0.0625. The molecule has 5 rings (SSSR count). The van der Waals surface area contributed by atoms with Gasteiger partial charge in [-0.3, -0.25) is 0 Å². The van der Waals surface area contributed by atoms with Crippen molar-refractivity contribution in [3.05, 3.63) is 145 Å². The van der Waals surface area contributed by atoms with E-state index in [1.165, 1.54) is 11.1 Å². The van der Waals surface area contributed by atoms with E-state index in [4.69, 9.17) is 0 Å². The molecule has 0 unspecified atom stereocenters. The molecular formula is C32H30NOP. The monoisotopic (exact) mass is 475 g/mol. The van der Waals surface area contributed by atoms with Crippen LogP contribution in [-0.4, -0.2) is 4.89 Å². The third-order valence-electron chi connectivity index (χ3n) is 6.49. The van der Waals surface area contributed by atoms with E-state index in [0.29, 0.717) is 0 Å². The molecule has 174 valence electrons. The summed E-state index contributed by atoms with van der Waals surface area (Å²) < 4.78 is 0. The summed E-state index contributed by atoms with van der Waals surface area (Å²) in [4.78, 5) is 14.7. The Morgan fingerprint density at radius 3 is 1.34 bits per heavy atom. The van der Waals surface area contributed by atoms with E-state index in [1.54, 1.807) is 0 Å². The van der Waals surface area contributed by atoms with Crippen LogP contribution in [0.2, 0.25) is 0 Å². The molecule has 0 aliphatic heterocycles. The zero-order valence-electron chi connectivity index (χ0n) is 20.1. The van der Waals surface area contributed by atoms with E-state index in [2.05, 4.69) is 91.5 Å². The van der Waals surface area contributed by atoms with Crippen molar-refractivity contribution in [2.45, 2.75) is 13.8 Å². The summed E-state index contributed by atoms with van der Waals surface area (Å²) >= 11 is 0. The first-order valence-electron chi connectivity index (χ1n) is 11.9. The predicted octanol–water partition coefficient (Wildman–Crippen LogP) is 6.71. The molecule has 0 aliphatic carbocycles. The summed E-state index contributed by atoms with van der Waals surface area (Å²) in [5, 5.41) is 2.90. The first-order valence-corrected chi connectivity index (χ1v) is 13.9. The zero-order chi connectivity index (χ0) is 24.3. The molecule has 0 saturated carbocycles. The van der Waals surface area contributed by atoms with E-state index in [1.807, 2.05) is 60.7 Å². The van der Waals surface area contributed by atoms with Crippen molar-refractivity contribution < 1.29 is 4.89 Å². The molecule has 0 aromatic heterocycles. The van der Waals surface area contributed by atoms with Crippen LogP contribution in [0.3, 0.4) is 0 Å². The van der Waals surface area contributed by atoms with Crippen molar-refractivity contribution in [2.75, 3.05) is 4.90 Å². The number of rotatable bonds is 6. The molecule has 0 fully saturated rings. The molecule has 35 heavy (non-hydrogen) atoms. The summed E-state index contributed by atoms with van der Waals surface area (Å²) in [7, 11) is -3.20. The maximum atomic E-state index is 12.5. The van der Waals surface area contributed by atoms with Crippen molar-refractivity contribution in [1.29, 1.82) is 0 Å². The molecule has 0 radical (unpaired) electrons. The number of anilines is 3. The predicted molar refractivity (Wildman–Crippen MR) is 153 cm³/mol. The topological polar surface area (TPSA) is 23.5 Å². The first kappa shape index (κ1) is 23.1. The third-order valence-corrected chi connectivity index (χ3v) is 9.97. The van der Waals surface area contributed by atoms with Crippen LogP contribution in [0.4, 0.5) is 17.1 Å². The average molecular weight is 476 g/mol. The minimum absolute atomic E-state index is 0.955. The molecule has 0 heterocycles. The Bertz CT molecular complexity index is 1310. The molecule has 0 spiro atoms. The van der Waals surface area contributed by atoms with Crippen LogP contribution in [0, 0.1) is 13.8 Å². The molecule has 0 atom stereocenters. The van der Waals surface area contributed by atoms with Gasteiger partial charge in [-0.1, -0.05) is 0 Å². The summed E-state index contributed by atoms with van der Waals surface area (Å²) in [6.45, 7) is 4.21. The maximum absolute atomic E-state index is 12.5. The third kappa shape index (κ3) is 4.64. The van der Waals surface area contributed by atoms with E-state index >= 15 is 0 Å². The van der Waals surface area contributed by atoms with Crippen LogP contribution >= 0.6 is 7.49 Å². The Balaban J connectivity index is 1.69. The number of nitrogens with zero attached hydrogens (tertiary/aromatic N) is 1. The van der Waals surface area contributed by atoms with Crippen LogP contribution < -0.4 is 20.8 Å². The van der Waals surface area contributed by atoms with Crippen LogP contribution in [0.25, 0.3) is 0 Å². The zero-order valence-corrected chi connectivity index (χ0v) is 21.1. The SMILES string of the molecule is Cc1ccc(N(c2ccc(C)cc2)c2cccc([PH](O)(c3ccccc3)c3ccccc3)c2)cc1. The summed E-state index contributed by atoms with van der Waals surface area (Å²) in [6, 6.07) is 45.8. The Labute approximate surface area is 208 Å².